The van der Waals surface area contributed by atoms with E-state index in [2.05, 4.69) is 4.98 Å². The average molecular weight is 538 g/mol. The normalized spacial score (nSPS) is 36.4. The zero-order chi connectivity index (χ0) is 28.2. The van der Waals surface area contributed by atoms with Crippen molar-refractivity contribution in [1.82, 2.24) is 4.98 Å². The number of esters is 3. The number of carbonyl (C=O) groups excluding carboxylic acids is 3. The number of pyridine rings is 1. The third kappa shape index (κ3) is 4.14. The molecule has 0 radical (unpaired) electrons. The smallest absolute Gasteiger partial charge is 0.340 e. The molecule has 3 aliphatic rings. The first-order chi connectivity index (χ1) is 18.4. The summed E-state index contributed by atoms with van der Waals surface area (Å²) in [5.74, 6) is -2.65. The Labute approximate surface area is 227 Å². The number of aromatic nitrogens is 1. The molecule has 5 rings (SSSR count). The zero-order valence-corrected chi connectivity index (χ0v) is 22.8. The highest BCUT2D eigenvalue weighted by molar-refractivity contribution is 5.90. The second kappa shape index (κ2) is 9.71. The zero-order valence-electron chi connectivity index (χ0n) is 22.8. The molecular formula is C30H35NO8. The van der Waals surface area contributed by atoms with Crippen molar-refractivity contribution < 1.29 is 38.4 Å². The van der Waals surface area contributed by atoms with E-state index in [0.29, 0.717) is 18.4 Å². The second-order valence-electron chi connectivity index (χ2n) is 11.6. The highest BCUT2D eigenvalue weighted by Gasteiger charge is 2.81. The van der Waals surface area contributed by atoms with Crippen molar-refractivity contribution in [3.63, 3.8) is 0 Å². The summed E-state index contributed by atoms with van der Waals surface area (Å²) in [4.78, 5) is 43.0. The van der Waals surface area contributed by atoms with E-state index in [1.54, 1.807) is 48.7 Å². The van der Waals surface area contributed by atoms with Crippen LogP contribution in [-0.4, -0.2) is 63.6 Å². The Kier molecular flexibility index (Phi) is 6.79. The molecule has 2 aliphatic carbocycles. The molecule has 2 bridgehead atoms. The Morgan fingerprint density at radius 3 is 2.21 bits per heavy atom. The van der Waals surface area contributed by atoms with Crippen molar-refractivity contribution in [3.05, 3.63) is 66.0 Å². The fraction of sp³-hybridized carbons (Fsp3) is 0.533. The highest BCUT2D eigenvalue weighted by Crippen LogP contribution is 2.67. The first-order valence-electron chi connectivity index (χ1n) is 13.4. The van der Waals surface area contributed by atoms with Gasteiger partial charge in [0.25, 0.3) is 0 Å². The molecule has 2 aromatic rings. The van der Waals surface area contributed by atoms with E-state index in [0.717, 1.165) is 0 Å². The lowest BCUT2D eigenvalue weighted by Crippen LogP contribution is -2.76. The van der Waals surface area contributed by atoms with Gasteiger partial charge in [0.2, 0.25) is 0 Å². The Bertz CT molecular complexity index is 1250. The number of aliphatic hydroxyl groups is 1. The van der Waals surface area contributed by atoms with Gasteiger partial charge in [-0.15, -0.1) is 0 Å². The lowest BCUT2D eigenvalue weighted by atomic mass is 9.48. The molecule has 2 saturated carbocycles. The van der Waals surface area contributed by atoms with Gasteiger partial charge < -0.3 is 24.1 Å². The minimum atomic E-state index is -1.29. The van der Waals surface area contributed by atoms with Crippen LogP contribution in [0.3, 0.4) is 0 Å². The lowest BCUT2D eigenvalue weighted by Gasteiger charge is -2.62. The fourth-order valence-electron chi connectivity index (χ4n) is 7.39. The number of carbonyl (C=O) groups is 3. The van der Waals surface area contributed by atoms with Crippen LogP contribution in [0.5, 0.6) is 0 Å². The van der Waals surface area contributed by atoms with Crippen molar-refractivity contribution >= 4 is 17.9 Å². The number of fused-ring (bicyclic) bond motifs is 1. The molecule has 1 aromatic heterocycles. The molecule has 1 aliphatic heterocycles. The molecule has 8 atom stereocenters. The van der Waals surface area contributed by atoms with E-state index in [1.165, 1.54) is 13.1 Å². The van der Waals surface area contributed by atoms with E-state index >= 15 is 0 Å². The topological polar surface area (TPSA) is 121 Å². The molecule has 0 unspecified atom stereocenters. The Morgan fingerprint density at radius 2 is 1.56 bits per heavy atom. The maximum absolute atomic E-state index is 13.4. The minimum absolute atomic E-state index is 0.195. The molecule has 9 heteroatoms. The predicted molar refractivity (Wildman–Crippen MR) is 139 cm³/mol. The number of hydrogen-bond donors (Lipinski definition) is 1. The molecule has 1 N–H and O–H groups in total. The summed E-state index contributed by atoms with van der Waals surface area (Å²) in [6.07, 6.45) is -0.0987. The first kappa shape index (κ1) is 27.3. The number of benzene rings is 1. The highest BCUT2D eigenvalue weighted by atomic mass is 16.6. The van der Waals surface area contributed by atoms with Gasteiger partial charge in [-0.1, -0.05) is 25.1 Å². The maximum atomic E-state index is 13.4. The standard InChI is InChI=1S/C30H35NO8/c1-17-13-14-21(36-18(2)32)29(5)25(38-27(35)20-12-9-15-31-16-20)23(33)22-24(30(17,29)39-28(22,3)4)37-26(34)19-10-7-6-8-11-19/h6-12,15-17,21-25,33H,13-14H2,1-5H3/t17-,21+,22-,23-,24+,25-,29+,30-/m1/s1. The lowest BCUT2D eigenvalue weighted by molar-refractivity contribution is -0.295. The van der Waals surface area contributed by atoms with Crippen molar-refractivity contribution in [3.8, 4) is 0 Å². The molecule has 2 heterocycles. The monoisotopic (exact) mass is 537 g/mol. The van der Waals surface area contributed by atoms with Gasteiger partial charge in [0.1, 0.15) is 30.0 Å². The molecule has 1 aromatic carbocycles. The van der Waals surface area contributed by atoms with E-state index in [-0.39, 0.29) is 11.5 Å². The quantitative estimate of drug-likeness (QED) is 0.449. The largest absolute Gasteiger partial charge is 0.462 e. The van der Waals surface area contributed by atoms with Crippen LogP contribution >= 0.6 is 0 Å². The van der Waals surface area contributed by atoms with E-state index in [9.17, 15) is 19.5 Å². The van der Waals surface area contributed by atoms with Gasteiger partial charge in [0, 0.05) is 19.3 Å². The van der Waals surface area contributed by atoms with Crippen LogP contribution in [0.4, 0.5) is 0 Å². The Balaban J connectivity index is 1.65. The maximum Gasteiger partial charge on any atom is 0.340 e. The van der Waals surface area contributed by atoms with Crippen LogP contribution in [0.15, 0.2) is 54.9 Å². The van der Waals surface area contributed by atoms with Gasteiger partial charge in [-0.05, 0) is 63.8 Å². The number of nitrogens with zero attached hydrogens (tertiary/aromatic N) is 1. The van der Waals surface area contributed by atoms with Gasteiger partial charge in [-0.3, -0.25) is 9.78 Å². The minimum Gasteiger partial charge on any atom is -0.462 e. The van der Waals surface area contributed by atoms with E-state index in [4.69, 9.17) is 18.9 Å². The van der Waals surface area contributed by atoms with E-state index < -0.39 is 64.9 Å². The summed E-state index contributed by atoms with van der Waals surface area (Å²) >= 11 is 0. The van der Waals surface area contributed by atoms with Crippen LogP contribution in [0.2, 0.25) is 0 Å². The van der Waals surface area contributed by atoms with Crippen LogP contribution < -0.4 is 0 Å². The second-order valence-corrected chi connectivity index (χ2v) is 11.6. The molecule has 1 saturated heterocycles. The molecule has 208 valence electrons. The van der Waals surface area contributed by atoms with Crippen molar-refractivity contribution in [2.24, 2.45) is 17.3 Å². The predicted octanol–water partition coefficient (Wildman–Crippen LogP) is 3.74. The first-order valence-corrected chi connectivity index (χ1v) is 13.4. The van der Waals surface area contributed by atoms with E-state index in [1.807, 2.05) is 27.7 Å². The van der Waals surface area contributed by atoms with Crippen molar-refractivity contribution in [2.75, 3.05) is 0 Å². The van der Waals surface area contributed by atoms with Crippen molar-refractivity contribution in [1.29, 1.82) is 0 Å². The number of hydrogen-bond acceptors (Lipinski definition) is 9. The number of ether oxygens (including phenoxy) is 4. The molecule has 1 spiro atoms. The van der Waals surface area contributed by atoms with Gasteiger partial charge in [0.15, 0.2) is 0 Å². The summed E-state index contributed by atoms with van der Waals surface area (Å²) in [6.45, 7) is 8.81. The third-order valence-electron chi connectivity index (χ3n) is 9.04. The molecule has 3 fully saturated rings. The molecule has 9 nitrogen and oxygen atoms in total. The number of rotatable bonds is 5. The summed E-state index contributed by atoms with van der Waals surface area (Å²) in [7, 11) is 0. The SMILES string of the molecule is CC(=O)O[C@H]1CC[C@@H](C)[C@]23OC(C)(C)[C@H]([C@@H](O)[C@@H](OC(=O)c4cccnc4)[C@]12C)[C@@H]3OC(=O)c1ccccc1. The molecular weight excluding hydrogens is 502 g/mol. The Morgan fingerprint density at radius 1 is 0.923 bits per heavy atom. The molecule has 0 amide bonds. The molecule has 39 heavy (non-hydrogen) atoms. The van der Waals surface area contributed by atoms with Crippen LogP contribution in [-0.2, 0) is 23.7 Å². The van der Waals surface area contributed by atoms with Gasteiger partial charge in [0.05, 0.1) is 28.1 Å². The fourth-order valence-corrected chi connectivity index (χ4v) is 7.39. The Hall–Kier alpha value is -3.30. The summed E-state index contributed by atoms with van der Waals surface area (Å²) in [5, 5.41) is 12.0. The summed E-state index contributed by atoms with van der Waals surface area (Å²) in [5.41, 5.74) is -2.87. The summed E-state index contributed by atoms with van der Waals surface area (Å²) in [6, 6.07) is 11.8. The van der Waals surface area contributed by atoms with Crippen LogP contribution in [0, 0.1) is 17.3 Å². The van der Waals surface area contributed by atoms with Gasteiger partial charge in [-0.25, -0.2) is 9.59 Å². The van der Waals surface area contributed by atoms with Crippen LogP contribution in [0.1, 0.15) is 68.2 Å². The van der Waals surface area contributed by atoms with Gasteiger partial charge >= 0.3 is 17.9 Å². The van der Waals surface area contributed by atoms with Crippen molar-refractivity contribution in [2.45, 2.75) is 83.1 Å². The number of aliphatic hydroxyl groups excluding tert-OH is 1. The van der Waals surface area contributed by atoms with Crippen LogP contribution in [0.25, 0.3) is 0 Å². The average Bonchev–Trinajstić information content (AvgIpc) is 3.12. The van der Waals surface area contributed by atoms with Gasteiger partial charge in [-0.2, -0.15) is 0 Å². The third-order valence-corrected chi connectivity index (χ3v) is 9.04. The summed E-state index contributed by atoms with van der Waals surface area (Å²) < 4.78 is 25.1.